The summed E-state index contributed by atoms with van der Waals surface area (Å²) in [6.07, 6.45) is 0. The van der Waals surface area contributed by atoms with Gasteiger partial charge in [-0.25, -0.2) is 0 Å². The van der Waals surface area contributed by atoms with E-state index < -0.39 is 5.97 Å². The van der Waals surface area contributed by atoms with Crippen molar-refractivity contribution < 1.29 is 19.2 Å². The molecule has 6 nitrogen and oxygen atoms in total. The second kappa shape index (κ2) is 5.69. The fourth-order valence-corrected chi connectivity index (χ4v) is 2.04. The highest BCUT2D eigenvalue weighted by atomic mass is 16.5. The van der Waals surface area contributed by atoms with Crippen molar-refractivity contribution in [3.05, 3.63) is 54.1 Å². The topological polar surface area (TPSA) is 88.3 Å². The second-order valence-corrected chi connectivity index (χ2v) is 4.48. The minimum atomic E-state index is -1.29. The lowest BCUT2D eigenvalue weighted by Crippen LogP contribution is -2.22. The van der Waals surface area contributed by atoms with Crippen LogP contribution in [-0.2, 0) is 0 Å². The highest BCUT2D eigenvalue weighted by Gasteiger charge is 2.14. The van der Waals surface area contributed by atoms with E-state index in [0.717, 1.165) is 11.3 Å². The van der Waals surface area contributed by atoms with Crippen molar-refractivity contribution in [2.75, 3.05) is 7.11 Å². The van der Waals surface area contributed by atoms with Gasteiger partial charge in [0, 0.05) is 16.7 Å². The van der Waals surface area contributed by atoms with Gasteiger partial charge in [0.2, 0.25) is 5.82 Å². The third kappa shape index (κ3) is 2.54. The number of methoxy groups -OCH3 is 1. The van der Waals surface area contributed by atoms with E-state index >= 15 is 0 Å². The van der Waals surface area contributed by atoms with Crippen LogP contribution in [0.5, 0.6) is 5.75 Å². The number of hydrogen-bond donors (Lipinski definition) is 0. The van der Waals surface area contributed by atoms with Gasteiger partial charge in [0.25, 0.3) is 5.89 Å². The van der Waals surface area contributed by atoms with Gasteiger partial charge in [-0.15, -0.1) is 0 Å². The quantitative estimate of drug-likeness (QED) is 0.729. The van der Waals surface area contributed by atoms with Gasteiger partial charge in [0.15, 0.2) is 0 Å². The van der Waals surface area contributed by atoms with E-state index in [2.05, 4.69) is 10.1 Å². The molecule has 0 atom stereocenters. The number of nitrogens with zero attached hydrogens (tertiary/aromatic N) is 2. The molecule has 0 aliphatic rings. The van der Waals surface area contributed by atoms with E-state index in [0.29, 0.717) is 11.4 Å². The van der Waals surface area contributed by atoms with Crippen LogP contribution in [0.4, 0.5) is 0 Å². The number of aromatic carboxylic acids is 1. The summed E-state index contributed by atoms with van der Waals surface area (Å²) < 4.78 is 10.3. The number of aromatic nitrogens is 2. The molecule has 0 amide bonds. The lowest BCUT2D eigenvalue weighted by molar-refractivity contribution is -0.254. The maximum atomic E-state index is 11.1. The van der Waals surface area contributed by atoms with Crippen molar-refractivity contribution in [2.24, 2.45) is 0 Å². The average molecular weight is 295 g/mol. The fraction of sp³-hybridized carbons (Fsp3) is 0.0625. The van der Waals surface area contributed by atoms with Gasteiger partial charge >= 0.3 is 0 Å². The minimum absolute atomic E-state index is 0.00688. The Labute approximate surface area is 126 Å². The van der Waals surface area contributed by atoms with Crippen LogP contribution < -0.4 is 9.84 Å². The molecule has 3 rings (SSSR count). The number of carboxylic acid groups (broad SMARTS) is 1. The van der Waals surface area contributed by atoms with E-state index in [4.69, 9.17) is 9.26 Å². The van der Waals surface area contributed by atoms with Crippen LogP contribution in [0.1, 0.15) is 10.4 Å². The van der Waals surface area contributed by atoms with Gasteiger partial charge in [-0.3, -0.25) is 0 Å². The molecule has 22 heavy (non-hydrogen) atoms. The third-order valence-corrected chi connectivity index (χ3v) is 3.15. The van der Waals surface area contributed by atoms with Crippen molar-refractivity contribution in [3.63, 3.8) is 0 Å². The Morgan fingerprint density at radius 3 is 2.55 bits per heavy atom. The Balaban J connectivity index is 1.98. The molecule has 0 aliphatic carbocycles. The van der Waals surface area contributed by atoms with Crippen LogP contribution >= 0.6 is 0 Å². The number of carbonyl (C=O) groups is 1. The van der Waals surface area contributed by atoms with E-state index in [1.165, 1.54) is 6.07 Å². The predicted octanol–water partition coefficient (Wildman–Crippen LogP) is 1.78. The van der Waals surface area contributed by atoms with E-state index in [9.17, 15) is 9.90 Å². The molecule has 1 aromatic heterocycles. The van der Waals surface area contributed by atoms with Crippen LogP contribution in [0.15, 0.2) is 53.1 Å². The molecule has 0 saturated heterocycles. The Bertz CT molecular complexity index is 809. The zero-order valence-electron chi connectivity index (χ0n) is 11.6. The van der Waals surface area contributed by atoms with E-state index in [1.807, 2.05) is 0 Å². The summed E-state index contributed by atoms with van der Waals surface area (Å²) >= 11 is 0. The maximum Gasteiger partial charge on any atom is 0.258 e. The molecule has 6 heteroatoms. The molecule has 0 aliphatic heterocycles. The Morgan fingerprint density at radius 2 is 1.86 bits per heavy atom. The van der Waals surface area contributed by atoms with E-state index in [-0.39, 0.29) is 11.5 Å². The Morgan fingerprint density at radius 1 is 1.14 bits per heavy atom. The first kappa shape index (κ1) is 13.8. The summed E-state index contributed by atoms with van der Waals surface area (Å²) in [5, 5.41) is 15.0. The average Bonchev–Trinajstić information content (AvgIpc) is 3.04. The lowest BCUT2D eigenvalue weighted by Gasteiger charge is -2.05. The maximum absolute atomic E-state index is 11.1. The Kier molecular flexibility index (Phi) is 3.57. The first-order chi connectivity index (χ1) is 10.7. The van der Waals surface area contributed by atoms with Gasteiger partial charge in [0.05, 0.1) is 13.1 Å². The van der Waals surface area contributed by atoms with Gasteiger partial charge in [-0.2, -0.15) is 4.98 Å². The SMILES string of the molecule is COc1ccc(-c2noc(-c3ccccc3C(=O)[O-])n2)cc1. The summed E-state index contributed by atoms with van der Waals surface area (Å²) in [5.41, 5.74) is 1.07. The number of carboxylic acids is 1. The number of hydrogen-bond acceptors (Lipinski definition) is 6. The lowest BCUT2D eigenvalue weighted by atomic mass is 10.1. The minimum Gasteiger partial charge on any atom is -0.545 e. The molecule has 110 valence electrons. The molecule has 0 fully saturated rings. The standard InChI is InChI=1S/C16H12N2O4/c1-21-11-8-6-10(7-9-11)14-17-15(22-18-14)12-4-2-3-5-13(12)16(19)20/h2-9H,1H3,(H,19,20)/p-1. The first-order valence-electron chi connectivity index (χ1n) is 6.48. The number of ether oxygens (including phenoxy) is 1. The van der Waals surface area contributed by atoms with Crippen LogP contribution in [-0.4, -0.2) is 23.2 Å². The zero-order valence-corrected chi connectivity index (χ0v) is 11.6. The zero-order chi connectivity index (χ0) is 15.5. The summed E-state index contributed by atoms with van der Waals surface area (Å²) in [7, 11) is 1.58. The highest BCUT2D eigenvalue weighted by Crippen LogP contribution is 2.25. The number of benzene rings is 2. The summed E-state index contributed by atoms with van der Waals surface area (Å²) in [4.78, 5) is 15.4. The van der Waals surface area contributed by atoms with Crippen LogP contribution in [0.2, 0.25) is 0 Å². The summed E-state index contributed by atoms with van der Waals surface area (Å²) in [5.74, 6) is -0.0778. The smallest absolute Gasteiger partial charge is 0.258 e. The Hall–Kier alpha value is -3.15. The highest BCUT2D eigenvalue weighted by molar-refractivity contribution is 5.93. The third-order valence-electron chi connectivity index (χ3n) is 3.15. The largest absolute Gasteiger partial charge is 0.545 e. The van der Waals surface area contributed by atoms with Crippen molar-refractivity contribution in [1.82, 2.24) is 10.1 Å². The molecular formula is C16H11N2O4-. The second-order valence-electron chi connectivity index (χ2n) is 4.48. The van der Waals surface area contributed by atoms with Crippen molar-refractivity contribution in [1.29, 1.82) is 0 Å². The predicted molar refractivity (Wildman–Crippen MR) is 76.1 cm³/mol. The number of carbonyl (C=O) groups excluding carboxylic acids is 1. The van der Waals surface area contributed by atoms with Gasteiger partial charge in [-0.05, 0) is 30.3 Å². The number of rotatable bonds is 4. The molecule has 0 N–H and O–H groups in total. The van der Waals surface area contributed by atoms with Crippen LogP contribution in [0.3, 0.4) is 0 Å². The van der Waals surface area contributed by atoms with Gasteiger partial charge in [-0.1, -0.05) is 23.4 Å². The molecule has 0 saturated carbocycles. The molecule has 3 aromatic rings. The molecule has 0 bridgehead atoms. The normalized spacial score (nSPS) is 10.4. The van der Waals surface area contributed by atoms with E-state index in [1.54, 1.807) is 49.6 Å². The van der Waals surface area contributed by atoms with Crippen LogP contribution in [0, 0.1) is 0 Å². The fourth-order valence-electron chi connectivity index (χ4n) is 2.04. The molecule has 0 radical (unpaired) electrons. The molecule has 2 aromatic carbocycles. The molecule has 1 heterocycles. The molecule has 0 spiro atoms. The summed E-state index contributed by atoms with van der Waals surface area (Å²) in [6, 6.07) is 13.5. The van der Waals surface area contributed by atoms with Gasteiger partial charge < -0.3 is 19.2 Å². The van der Waals surface area contributed by atoms with Crippen molar-refractivity contribution in [3.8, 4) is 28.6 Å². The molecule has 0 unspecified atom stereocenters. The van der Waals surface area contributed by atoms with Crippen molar-refractivity contribution in [2.45, 2.75) is 0 Å². The first-order valence-corrected chi connectivity index (χ1v) is 6.48. The van der Waals surface area contributed by atoms with Gasteiger partial charge in [0.1, 0.15) is 5.75 Å². The summed E-state index contributed by atoms with van der Waals surface area (Å²) in [6.45, 7) is 0. The van der Waals surface area contributed by atoms with Crippen molar-refractivity contribution >= 4 is 5.97 Å². The molecular weight excluding hydrogens is 284 g/mol. The monoisotopic (exact) mass is 295 g/mol. The van der Waals surface area contributed by atoms with Crippen LogP contribution in [0.25, 0.3) is 22.8 Å².